The third-order valence-electron chi connectivity index (χ3n) is 6.48. The molecule has 9 heteroatoms. The van der Waals surface area contributed by atoms with Gasteiger partial charge in [0.2, 0.25) is 0 Å². The molecule has 1 aliphatic heterocycles. The van der Waals surface area contributed by atoms with E-state index >= 15 is 0 Å². The maximum Gasteiger partial charge on any atom is 0.339 e. The van der Waals surface area contributed by atoms with Crippen LogP contribution in [0.3, 0.4) is 0 Å². The van der Waals surface area contributed by atoms with Crippen molar-refractivity contribution < 1.29 is 22.7 Å². The fourth-order valence-electron chi connectivity index (χ4n) is 4.64. The smallest absolute Gasteiger partial charge is 0.339 e. The van der Waals surface area contributed by atoms with Crippen LogP contribution in [0.2, 0.25) is 0 Å². The molecule has 1 saturated heterocycles. The molecule has 0 saturated carbocycles. The first-order valence-electron chi connectivity index (χ1n) is 11.1. The number of esters is 1. The van der Waals surface area contributed by atoms with Crippen molar-refractivity contribution in [3.63, 3.8) is 0 Å². The standard InChI is InChI=1S/C25H24N2O5S2/c1-27(17-10-12-34(30,31)15-17)22(28)14-32-25(29)23-19-6-2-3-7-21(19)26-24-16(8-9-20(23)24)13-18-5-4-11-33-18/h2-7,11,13,17H,8-10,12,14-15H2,1H3. The summed E-state index contributed by atoms with van der Waals surface area (Å²) in [6, 6.07) is 11.1. The van der Waals surface area contributed by atoms with Crippen LogP contribution in [0, 0.1) is 0 Å². The second-order valence-corrected chi connectivity index (χ2v) is 11.9. The van der Waals surface area contributed by atoms with Crippen LogP contribution >= 0.6 is 11.3 Å². The number of likely N-dealkylation sites (N-methyl/N-ethyl adjacent to an activating group) is 1. The lowest BCUT2D eigenvalue weighted by atomic mass is 10.0. The van der Waals surface area contributed by atoms with Crippen molar-refractivity contribution in [2.45, 2.75) is 25.3 Å². The van der Waals surface area contributed by atoms with Crippen molar-refractivity contribution in [1.82, 2.24) is 9.88 Å². The van der Waals surface area contributed by atoms with E-state index in [2.05, 4.69) is 6.08 Å². The van der Waals surface area contributed by atoms with E-state index in [9.17, 15) is 18.0 Å². The van der Waals surface area contributed by atoms with Gasteiger partial charge in [-0.1, -0.05) is 24.3 Å². The van der Waals surface area contributed by atoms with Gasteiger partial charge in [0.05, 0.1) is 28.3 Å². The van der Waals surface area contributed by atoms with Gasteiger partial charge < -0.3 is 9.64 Å². The Morgan fingerprint density at radius 3 is 2.76 bits per heavy atom. The monoisotopic (exact) mass is 496 g/mol. The highest BCUT2D eigenvalue weighted by molar-refractivity contribution is 7.91. The molecule has 0 radical (unpaired) electrons. The Morgan fingerprint density at radius 1 is 1.21 bits per heavy atom. The van der Waals surface area contributed by atoms with Gasteiger partial charge in [-0.2, -0.15) is 0 Å². The molecule has 1 unspecified atom stereocenters. The number of ether oxygens (including phenoxy) is 1. The molecule has 176 valence electrons. The number of amides is 1. The first-order chi connectivity index (χ1) is 16.3. The molecule has 1 amide bonds. The number of sulfone groups is 1. The van der Waals surface area contributed by atoms with E-state index in [1.165, 1.54) is 4.90 Å². The first kappa shape index (κ1) is 22.7. The second kappa shape index (κ2) is 8.96. The van der Waals surface area contributed by atoms with Gasteiger partial charge in [-0.15, -0.1) is 11.3 Å². The number of thiophene rings is 1. The molecule has 1 aromatic carbocycles. The molecule has 3 aromatic rings. The zero-order valence-corrected chi connectivity index (χ0v) is 20.3. The summed E-state index contributed by atoms with van der Waals surface area (Å²) in [5.74, 6) is -0.951. The van der Waals surface area contributed by atoms with Gasteiger partial charge in [0.15, 0.2) is 16.4 Å². The van der Waals surface area contributed by atoms with Crippen LogP contribution in [0.5, 0.6) is 0 Å². The number of aromatic nitrogens is 1. The highest BCUT2D eigenvalue weighted by Crippen LogP contribution is 2.38. The number of benzene rings is 1. The lowest BCUT2D eigenvalue weighted by Gasteiger charge is -2.23. The van der Waals surface area contributed by atoms with Gasteiger partial charge in [-0.3, -0.25) is 4.79 Å². The lowest BCUT2D eigenvalue weighted by molar-refractivity contribution is -0.134. The Labute approximate surface area is 202 Å². The van der Waals surface area contributed by atoms with Crippen LogP contribution < -0.4 is 0 Å². The summed E-state index contributed by atoms with van der Waals surface area (Å²) < 4.78 is 29.0. The summed E-state index contributed by atoms with van der Waals surface area (Å²) in [5.41, 5.74) is 3.88. The molecule has 1 atom stereocenters. The van der Waals surface area contributed by atoms with Gasteiger partial charge >= 0.3 is 5.97 Å². The summed E-state index contributed by atoms with van der Waals surface area (Å²) in [6.07, 6.45) is 3.96. The first-order valence-corrected chi connectivity index (χ1v) is 13.8. The van der Waals surface area contributed by atoms with E-state index in [0.29, 0.717) is 29.3 Å². The highest BCUT2D eigenvalue weighted by Gasteiger charge is 2.33. The van der Waals surface area contributed by atoms with Crippen LogP contribution in [0.15, 0.2) is 41.8 Å². The third kappa shape index (κ3) is 4.37. The number of fused-ring (bicyclic) bond motifs is 2. The van der Waals surface area contributed by atoms with E-state index in [4.69, 9.17) is 9.72 Å². The molecule has 0 bridgehead atoms. The Balaban J connectivity index is 1.41. The molecule has 2 aromatic heterocycles. The molecule has 7 nitrogen and oxygen atoms in total. The topological polar surface area (TPSA) is 93.6 Å². The van der Waals surface area contributed by atoms with E-state index < -0.39 is 28.3 Å². The number of rotatable bonds is 5. The molecule has 0 spiro atoms. The zero-order chi connectivity index (χ0) is 23.9. The van der Waals surface area contributed by atoms with Crippen LogP contribution in [-0.2, 0) is 25.8 Å². The lowest BCUT2D eigenvalue weighted by Crippen LogP contribution is -2.40. The number of pyridine rings is 1. The van der Waals surface area contributed by atoms with Crippen molar-refractivity contribution >= 4 is 55.6 Å². The molecule has 0 N–H and O–H groups in total. The minimum atomic E-state index is -3.12. The predicted octanol–water partition coefficient (Wildman–Crippen LogP) is 3.59. The molecule has 2 aliphatic rings. The quantitative estimate of drug-likeness (QED) is 0.501. The summed E-state index contributed by atoms with van der Waals surface area (Å²) in [4.78, 5) is 33.3. The maximum absolute atomic E-state index is 13.3. The predicted molar refractivity (Wildman–Crippen MR) is 132 cm³/mol. The number of allylic oxidation sites excluding steroid dienone is 1. The van der Waals surface area contributed by atoms with E-state index in [-0.39, 0.29) is 17.5 Å². The van der Waals surface area contributed by atoms with Gasteiger partial charge in [0.1, 0.15) is 0 Å². The van der Waals surface area contributed by atoms with Gasteiger partial charge in [0, 0.05) is 23.4 Å². The molecular weight excluding hydrogens is 472 g/mol. The van der Waals surface area contributed by atoms with E-state index in [1.807, 2.05) is 41.8 Å². The van der Waals surface area contributed by atoms with E-state index in [0.717, 1.165) is 28.1 Å². The Hall–Kier alpha value is -3.04. The van der Waals surface area contributed by atoms with Gasteiger partial charge in [0.25, 0.3) is 5.91 Å². The molecule has 1 aliphatic carbocycles. The third-order valence-corrected chi connectivity index (χ3v) is 9.05. The highest BCUT2D eigenvalue weighted by atomic mass is 32.2. The number of hydrogen-bond acceptors (Lipinski definition) is 7. The van der Waals surface area contributed by atoms with Gasteiger partial charge in [-0.05, 0) is 54.0 Å². The van der Waals surface area contributed by atoms with Crippen molar-refractivity contribution in [3.05, 3.63) is 63.5 Å². The minimum Gasteiger partial charge on any atom is -0.452 e. The minimum absolute atomic E-state index is 0.0506. The summed E-state index contributed by atoms with van der Waals surface area (Å²) in [5, 5.41) is 2.72. The summed E-state index contributed by atoms with van der Waals surface area (Å²) in [7, 11) is -1.56. The summed E-state index contributed by atoms with van der Waals surface area (Å²) in [6.45, 7) is -0.435. The Bertz CT molecular complexity index is 1410. The number of para-hydroxylation sites is 1. The number of carbonyl (C=O) groups is 2. The van der Waals surface area contributed by atoms with Crippen molar-refractivity contribution in [3.8, 4) is 0 Å². The molecule has 1 fully saturated rings. The number of nitrogens with zero attached hydrogens (tertiary/aromatic N) is 2. The van der Waals surface area contributed by atoms with Crippen LogP contribution in [0.25, 0.3) is 22.6 Å². The van der Waals surface area contributed by atoms with Crippen LogP contribution in [-0.4, -0.2) is 61.4 Å². The average molecular weight is 497 g/mol. The number of hydrogen-bond donors (Lipinski definition) is 0. The molecule has 34 heavy (non-hydrogen) atoms. The maximum atomic E-state index is 13.3. The zero-order valence-electron chi connectivity index (χ0n) is 18.7. The van der Waals surface area contributed by atoms with Crippen LogP contribution in [0.1, 0.15) is 39.3 Å². The number of carbonyl (C=O) groups excluding carboxylic acids is 2. The largest absolute Gasteiger partial charge is 0.452 e. The molecule has 3 heterocycles. The van der Waals surface area contributed by atoms with Crippen molar-refractivity contribution in [2.24, 2.45) is 0 Å². The SMILES string of the molecule is CN(C(=O)COC(=O)c1c2c(nc3ccccc13)C(=Cc1cccs1)CC2)C1CCS(=O)(=O)C1. The average Bonchev–Trinajstić information content (AvgIpc) is 3.56. The molecular formula is C25H24N2O5S2. The fourth-order valence-corrected chi connectivity index (χ4v) is 7.10. The van der Waals surface area contributed by atoms with Crippen LogP contribution in [0.4, 0.5) is 0 Å². The van der Waals surface area contributed by atoms with E-state index in [1.54, 1.807) is 18.4 Å². The normalized spacial score (nSPS) is 19.9. The fraction of sp³-hybridized carbons (Fsp3) is 0.320. The van der Waals surface area contributed by atoms with Crippen molar-refractivity contribution in [1.29, 1.82) is 0 Å². The Morgan fingerprint density at radius 2 is 2.03 bits per heavy atom. The van der Waals surface area contributed by atoms with Gasteiger partial charge in [-0.25, -0.2) is 18.2 Å². The second-order valence-electron chi connectivity index (χ2n) is 8.65. The Kier molecular flexibility index (Phi) is 5.99. The summed E-state index contributed by atoms with van der Waals surface area (Å²) >= 11 is 1.65. The van der Waals surface area contributed by atoms with Crippen molar-refractivity contribution in [2.75, 3.05) is 25.2 Å². The molecule has 5 rings (SSSR count).